The number of benzene rings is 2. The van der Waals surface area contributed by atoms with Gasteiger partial charge in [0.05, 0.1) is 5.92 Å². The molecule has 1 N–H and O–H groups in total. The van der Waals surface area contributed by atoms with Crippen LogP contribution in [-0.4, -0.2) is 35.0 Å². The molecule has 1 saturated heterocycles. The summed E-state index contributed by atoms with van der Waals surface area (Å²) in [6.45, 7) is 0.936. The van der Waals surface area contributed by atoms with E-state index in [1.807, 2.05) is 42.5 Å². The Morgan fingerprint density at radius 3 is 2.48 bits per heavy atom. The third-order valence-electron chi connectivity index (χ3n) is 4.41. The van der Waals surface area contributed by atoms with Crippen molar-refractivity contribution < 1.29 is 14.7 Å². The van der Waals surface area contributed by atoms with E-state index >= 15 is 0 Å². The molecule has 3 rings (SSSR count). The van der Waals surface area contributed by atoms with Crippen LogP contribution in [0.5, 0.6) is 0 Å². The number of nitrogens with zero attached hydrogens (tertiary/aromatic N) is 1. The molecule has 1 atom stereocenters. The van der Waals surface area contributed by atoms with Crippen LogP contribution in [0.1, 0.15) is 28.8 Å². The normalized spacial score (nSPS) is 17.3. The predicted molar refractivity (Wildman–Crippen MR) is 98.7 cm³/mol. The highest BCUT2D eigenvalue weighted by Gasteiger charge is 2.28. The lowest BCUT2D eigenvalue weighted by Crippen LogP contribution is -2.42. The van der Waals surface area contributed by atoms with E-state index in [-0.39, 0.29) is 5.91 Å². The van der Waals surface area contributed by atoms with Gasteiger partial charge in [-0.25, -0.2) is 0 Å². The molecular formula is C20H21NO3S. The molecular weight excluding hydrogens is 334 g/mol. The first-order valence-corrected chi connectivity index (χ1v) is 9.41. The van der Waals surface area contributed by atoms with Crippen LogP contribution in [0.4, 0.5) is 0 Å². The number of piperidine rings is 1. The van der Waals surface area contributed by atoms with Crippen molar-refractivity contribution >= 4 is 23.6 Å². The molecule has 1 aliphatic heterocycles. The summed E-state index contributed by atoms with van der Waals surface area (Å²) in [6.07, 6.45) is 1.39. The quantitative estimate of drug-likeness (QED) is 0.826. The molecule has 5 heteroatoms. The summed E-state index contributed by atoms with van der Waals surface area (Å²) >= 11 is 1.73. The third-order valence-corrected chi connectivity index (χ3v) is 5.49. The van der Waals surface area contributed by atoms with Gasteiger partial charge in [0.15, 0.2) is 0 Å². The lowest BCUT2D eigenvalue weighted by molar-refractivity contribution is -0.143. The van der Waals surface area contributed by atoms with E-state index in [9.17, 15) is 9.59 Å². The first kappa shape index (κ1) is 17.5. The maximum absolute atomic E-state index is 12.6. The summed E-state index contributed by atoms with van der Waals surface area (Å²) in [5, 5.41) is 9.16. The van der Waals surface area contributed by atoms with E-state index in [0.717, 1.165) is 17.1 Å². The first-order valence-electron chi connectivity index (χ1n) is 8.42. The van der Waals surface area contributed by atoms with Gasteiger partial charge in [-0.05, 0) is 42.7 Å². The van der Waals surface area contributed by atoms with E-state index in [1.54, 1.807) is 16.7 Å². The zero-order valence-electron chi connectivity index (χ0n) is 13.9. The fraction of sp³-hybridized carbons (Fsp3) is 0.300. The number of carbonyl (C=O) groups is 2. The fourth-order valence-corrected chi connectivity index (χ4v) is 3.83. The van der Waals surface area contributed by atoms with Crippen LogP contribution in [0.2, 0.25) is 0 Å². The maximum Gasteiger partial charge on any atom is 0.308 e. The second-order valence-electron chi connectivity index (χ2n) is 6.23. The highest BCUT2D eigenvalue weighted by Crippen LogP contribution is 2.24. The van der Waals surface area contributed by atoms with Gasteiger partial charge in [-0.15, -0.1) is 11.8 Å². The summed E-state index contributed by atoms with van der Waals surface area (Å²) < 4.78 is 0. The molecule has 1 fully saturated rings. The van der Waals surface area contributed by atoms with Gasteiger partial charge in [0.1, 0.15) is 0 Å². The van der Waals surface area contributed by atoms with Crippen LogP contribution in [0.3, 0.4) is 0 Å². The Hall–Kier alpha value is -2.27. The number of thioether (sulfide) groups is 1. The molecule has 0 bridgehead atoms. The maximum atomic E-state index is 12.6. The first-order chi connectivity index (χ1) is 12.1. The van der Waals surface area contributed by atoms with E-state index in [2.05, 4.69) is 12.1 Å². The summed E-state index contributed by atoms with van der Waals surface area (Å²) in [4.78, 5) is 26.5. The molecule has 1 aliphatic rings. The van der Waals surface area contributed by atoms with Gasteiger partial charge in [-0.2, -0.15) is 0 Å². The Morgan fingerprint density at radius 1 is 1.08 bits per heavy atom. The Morgan fingerprint density at radius 2 is 1.80 bits per heavy atom. The Kier molecular flexibility index (Phi) is 5.76. The van der Waals surface area contributed by atoms with Gasteiger partial charge in [0.25, 0.3) is 5.91 Å². The largest absolute Gasteiger partial charge is 0.481 e. The van der Waals surface area contributed by atoms with Crippen molar-refractivity contribution in [2.45, 2.75) is 23.5 Å². The number of aliphatic carboxylic acids is 1. The van der Waals surface area contributed by atoms with Gasteiger partial charge in [-0.3, -0.25) is 9.59 Å². The van der Waals surface area contributed by atoms with Crippen LogP contribution >= 0.6 is 11.8 Å². The Balaban J connectivity index is 1.59. The summed E-state index contributed by atoms with van der Waals surface area (Å²) in [5.74, 6) is -0.449. The van der Waals surface area contributed by atoms with Crippen LogP contribution < -0.4 is 0 Å². The number of carboxylic acids is 1. The SMILES string of the molecule is O=C(O)C1CCCN(C(=O)c2ccc(SCc3ccccc3)cc2)C1. The number of likely N-dealkylation sites (tertiary alicyclic amines) is 1. The van der Waals surface area contributed by atoms with Crippen LogP contribution in [-0.2, 0) is 10.5 Å². The van der Waals surface area contributed by atoms with Crippen molar-refractivity contribution in [3.63, 3.8) is 0 Å². The lowest BCUT2D eigenvalue weighted by Gasteiger charge is -2.30. The van der Waals surface area contributed by atoms with Crippen LogP contribution in [0, 0.1) is 5.92 Å². The highest BCUT2D eigenvalue weighted by molar-refractivity contribution is 7.98. The number of hydrogen-bond acceptors (Lipinski definition) is 3. The van der Waals surface area contributed by atoms with Crippen molar-refractivity contribution in [2.24, 2.45) is 5.92 Å². The average molecular weight is 355 g/mol. The fourth-order valence-electron chi connectivity index (χ4n) is 2.98. The second kappa shape index (κ2) is 8.21. The van der Waals surface area contributed by atoms with E-state index in [1.165, 1.54) is 5.56 Å². The van der Waals surface area contributed by atoms with Crippen molar-refractivity contribution in [1.82, 2.24) is 4.90 Å². The minimum atomic E-state index is -0.815. The van der Waals surface area contributed by atoms with E-state index in [4.69, 9.17) is 5.11 Å². The lowest BCUT2D eigenvalue weighted by atomic mass is 9.97. The minimum absolute atomic E-state index is 0.0782. The van der Waals surface area contributed by atoms with Crippen molar-refractivity contribution in [1.29, 1.82) is 0 Å². The van der Waals surface area contributed by atoms with E-state index < -0.39 is 11.9 Å². The molecule has 2 aromatic rings. The molecule has 1 heterocycles. The third kappa shape index (κ3) is 4.63. The van der Waals surface area contributed by atoms with Gasteiger partial charge >= 0.3 is 5.97 Å². The standard InChI is InChI=1S/C20H21NO3S/c22-19(21-12-4-7-17(13-21)20(23)24)16-8-10-18(11-9-16)25-14-15-5-2-1-3-6-15/h1-3,5-6,8-11,17H,4,7,12-14H2,(H,23,24). The van der Waals surface area contributed by atoms with Crippen molar-refractivity contribution in [3.05, 3.63) is 65.7 Å². The number of amides is 1. The number of rotatable bonds is 5. The van der Waals surface area contributed by atoms with Crippen LogP contribution in [0.25, 0.3) is 0 Å². The number of carbonyl (C=O) groups excluding carboxylic acids is 1. The molecule has 4 nitrogen and oxygen atoms in total. The molecule has 0 saturated carbocycles. The Labute approximate surface area is 151 Å². The van der Waals surface area contributed by atoms with E-state index in [0.29, 0.717) is 25.1 Å². The molecule has 0 spiro atoms. The molecule has 1 unspecified atom stereocenters. The van der Waals surface area contributed by atoms with Crippen molar-refractivity contribution in [2.75, 3.05) is 13.1 Å². The monoisotopic (exact) mass is 355 g/mol. The topological polar surface area (TPSA) is 57.6 Å². The molecule has 130 valence electrons. The van der Waals surface area contributed by atoms with Crippen LogP contribution in [0.15, 0.2) is 59.5 Å². The van der Waals surface area contributed by atoms with Gasteiger partial charge < -0.3 is 10.0 Å². The summed E-state index contributed by atoms with van der Waals surface area (Å²) in [5.41, 5.74) is 1.88. The zero-order valence-corrected chi connectivity index (χ0v) is 14.7. The molecule has 25 heavy (non-hydrogen) atoms. The molecule has 2 aromatic carbocycles. The van der Waals surface area contributed by atoms with Gasteiger partial charge in [0.2, 0.25) is 0 Å². The summed E-state index contributed by atoms with van der Waals surface area (Å²) in [7, 11) is 0. The van der Waals surface area contributed by atoms with Gasteiger partial charge in [-0.1, -0.05) is 30.3 Å². The zero-order chi connectivity index (χ0) is 17.6. The molecule has 1 amide bonds. The summed E-state index contributed by atoms with van der Waals surface area (Å²) in [6, 6.07) is 17.8. The average Bonchev–Trinajstić information content (AvgIpc) is 2.67. The molecule has 0 radical (unpaired) electrons. The predicted octanol–water partition coefficient (Wildman–Crippen LogP) is 3.92. The van der Waals surface area contributed by atoms with Crippen molar-refractivity contribution in [3.8, 4) is 0 Å². The van der Waals surface area contributed by atoms with Gasteiger partial charge in [0, 0.05) is 29.3 Å². The smallest absolute Gasteiger partial charge is 0.308 e. The minimum Gasteiger partial charge on any atom is -0.481 e. The Bertz CT molecular complexity index is 730. The molecule has 0 aromatic heterocycles. The second-order valence-corrected chi connectivity index (χ2v) is 7.28. The molecule has 0 aliphatic carbocycles. The highest BCUT2D eigenvalue weighted by atomic mass is 32.2. The number of carboxylic acid groups (broad SMARTS) is 1. The number of hydrogen-bond donors (Lipinski definition) is 1.